The number of carbonyl (C=O) groups is 2. The zero-order chi connectivity index (χ0) is 14.0. The van der Waals surface area contributed by atoms with E-state index in [1.54, 1.807) is 31.2 Å². The van der Waals surface area contributed by atoms with E-state index in [0.717, 1.165) is 10.6 Å². The zero-order valence-electron chi connectivity index (χ0n) is 10.0. The van der Waals surface area contributed by atoms with Crippen LogP contribution in [0.1, 0.15) is 18.9 Å². The fourth-order valence-corrected chi connectivity index (χ4v) is 1.92. The van der Waals surface area contributed by atoms with Crippen molar-refractivity contribution in [1.29, 1.82) is 0 Å². The highest BCUT2D eigenvalue weighted by molar-refractivity contribution is 7.80. The maximum absolute atomic E-state index is 11.7. The number of benzene rings is 1. The summed E-state index contributed by atoms with van der Waals surface area (Å²) in [5.74, 6) is -0.854. The van der Waals surface area contributed by atoms with Crippen LogP contribution in [0.3, 0.4) is 0 Å². The van der Waals surface area contributed by atoms with Gasteiger partial charge in [0.1, 0.15) is 6.42 Å². The van der Waals surface area contributed by atoms with Crippen LogP contribution in [-0.2, 0) is 9.59 Å². The van der Waals surface area contributed by atoms with Crippen LogP contribution in [0.25, 0.3) is 0 Å². The molecule has 1 saturated heterocycles. The minimum Gasteiger partial charge on any atom is -0.301 e. The van der Waals surface area contributed by atoms with Gasteiger partial charge in [0.25, 0.3) is 5.91 Å². The lowest BCUT2D eigenvalue weighted by molar-refractivity contribution is -0.134. The minimum atomic E-state index is -0.443. The first kappa shape index (κ1) is 13.6. The Bertz CT molecular complexity index is 563. The molecule has 2 rings (SSSR count). The summed E-state index contributed by atoms with van der Waals surface area (Å²) in [5.41, 5.74) is 1.42. The summed E-state index contributed by atoms with van der Waals surface area (Å²) >= 11 is 10.7. The van der Waals surface area contributed by atoms with E-state index in [-0.39, 0.29) is 11.5 Å². The lowest BCUT2D eigenvalue weighted by atomic mass is 10.1. The molecule has 1 fully saturated rings. The first-order valence-corrected chi connectivity index (χ1v) is 6.24. The number of thiocarbonyl (C=S) groups is 1. The van der Waals surface area contributed by atoms with E-state index in [1.807, 2.05) is 0 Å². The minimum absolute atomic E-state index is 0.00503. The Kier molecular flexibility index (Phi) is 3.92. The van der Waals surface area contributed by atoms with Crippen LogP contribution >= 0.6 is 23.8 Å². The number of nitrogens with one attached hydrogen (secondary N) is 1. The van der Waals surface area contributed by atoms with Crippen LogP contribution in [0.4, 0.5) is 0 Å². The monoisotopic (exact) mass is 295 g/mol. The second-order valence-electron chi connectivity index (χ2n) is 3.93. The van der Waals surface area contributed by atoms with Crippen LogP contribution in [0.2, 0.25) is 5.02 Å². The number of hydrazone groups is 1. The van der Waals surface area contributed by atoms with Gasteiger partial charge in [0.15, 0.2) is 0 Å². The number of halogens is 1. The molecule has 19 heavy (non-hydrogen) atoms. The highest BCUT2D eigenvalue weighted by Crippen LogP contribution is 2.12. The highest BCUT2D eigenvalue weighted by Gasteiger charge is 2.28. The molecular formula is C12H10ClN3O2S. The molecule has 5 nitrogen and oxygen atoms in total. The zero-order valence-corrected chi connectivity index (χ0v) is 11.6. The van der Waals surface area contributed by atoms with Crippen LogP contribution in [0, 0.1) is 0 Å². The van der Waals surface area contributed by atoms with Gasteiger partial charge in [0.05, 0.1) is 5.71 Å². The molecule has 1 aliphatic heterocycles. The normalized spacial score (nSPS) is 16.6. The number of hydrogen-bond acceptors (Lipinski definition) is 4. The van der Waals surface area contributed by atoms with E-state index in [1.165, 1.54) is 0 Å². The van der Waals surface area contributed by atoms with Gasteiger partial charge in [0.2, 0.25) is 11.0 Å². The fourth-order valence-electron chi connectivity index (χ4n) is 1.54. The van der Waals surface area contributed by atoms with Gasteiger partial charge in [-0.1, -0.05) is 23.7 Å². The third-order valence-electron chi connectivity index (χ3n) is 2.50. The molecule has 0 aromatic heterocycles. The highest BCUT2D eigenvalue weighted by atomic mass is 35.5. The average molecular weight is 296 g/mol. The van der Waals surface area contributed by atoms with Crippen molar-refractivity contribution < 1.29 is 9.59 Å². The molecule has 0 bridgehead atoms. The standard InChI is InChI=1S/C12H10ClN3O2S/c1-7(8-2-4-9(13)5-3-8)15-16-11(18)6-10(17)14-12(16)19/h2-5H,6H2,1H3,(H,14,17,19)/b15-7+. The Labute approximate surface area is 120 Å². The van der Waals surface area contributed by atoms with Gasteiger partial charge in [-0.25, -0.2) is 0 Å². The van der Waals surface area contributed by atoms with E-state index in [2.05, 4.69) is 10.4 Å². The van der Waals surface area contributed by atoms with Gasteiger partial charge in [-0.05, 0) is 36.8 Å². The molecule has 0 atom stereocenters. The summed E-state index contributed by atoms with van der Waals surface area (Å²) in [7, 11) is 0. The summed E-state index contributed by atoms with van der Waals surface area (Å²) in [6.45, 7) is 1.75. The SMILES string of the molecule is C/C(=N\N1C(=O)CC(=O)NC1=S)c1ccc(Cl)cc1. The second-order valence-corrected chi connectivity index (χ2v) is 4.75. The van der Waals surface area contributed by atoms with Gasteiger partial charge in [-0.2, -0.15) is 10.1 Å². The van der Waals surface area contributed by atoms with Crippen LogP contribution in [0.5, 0.6) is 0 Å². The molecular weight excluding hydrogens is 286 g/mol. The van der Waals surface area contributed by atoms with Crippen molar-refractivity contribution in [2.45, 2.75) is 13.3 Å². The lowest BCUT2D eigenvalue weighted by Gasteiger charge is -2.23. The summed E-state index contributed by atoms with van der Waals surface area (Å²) in [6, 6.07) is 7.04. The first-order valence-electron chi connectivity index (χ1n) is 5.45. The summed E-state index contributed by atoms with van der Waals surface area (Å²) in [4.78, 5) is 22.8. The maximum atomic E-state index is 11.7. The third kappa shape index (κ3) is 3.15. The van der Waals surface area contributed by atoms with Crippen molar-refractivity contribution in [3.63, 3.8) is 0 Å². The van der Waals surface area contributed by atoms with Crippen molar-refractivity contribution in [3.8, 4) is 0 Å². The summed E-state index contributed by atoms with van der Waals surface area (Å²) in [6.07, 6.45) is -0.252. The van der Waals surface area contributed by atoms with Crippen LogP contribution in [0.15, 0.2) is 29.4 Å². The third-order valence-corrected chi connectivity index (χ3v) is 3.03. The van der Waals surface area contributed by atoms with Crippen molar-refractivity contribution in [1.82, 2.24) is 10.3 Å². The predicted octanol–water partition coefficient (Wildman–Crippen LogP) is 1.70. The summed E-state index contributed by atoms with van der Waals surface area (Å²) < 4.78 is 0. The largest absolute Gasteiger partial charge is 0.301 e. The Morgan fingerprint density at radius 3 is 2.58 bits per heavy atom. The molecule has 0 aliphatic carbocycles. The summed E-state index contributed by atoms with van der Waals surface area (Å²) in [5, 5.41) is 8.17. The molecule has 0 radical (unpaired) electrons. The molecule has 98 valence electrons. The van der Waals surface area contributed by atoms with Gasteiger partial charge in [-0.3, -0.25) is 9.59 Å². The number of carbonyl (C=O) groups excluding carboxylic acids is 2. The van der Waals surface area contributed by atoms with Gasteiger partial charge in [0, 0.05) is 5.02 Å². The van der Waals surface area contributed by atoms with E-state index in [4.69, 9.17) is 23.8 Å². The average Bonchev–Trinajstić information content (AvgIpc) is 2.34. The Hall–Kier alpha value is -1.79. The maximum Gasteiger partial charge on any atom is 0.258 e. The van der Waals surface area contributed by atoms with Crippen LogP contribution in [-0.4, -0.2) is 27.6 Å². The quantitative estimate of drug-likeness (QED) is 0.513. The van der Waals surface area contributed by atoms with Gasteiger partial charge in [-0.15, -0.1) is 0 Å². The molecule has 1 aromatic carbocycles. The Morgan fingerprint density at radius 2 is 2.00 bits per heavy atom. The van der Waals surface area contributed by atoms with Crippen molar-refractivity contribution in [2.24, 2.45) is 5.10 Å². The predicted molar refractivity (Wildman–Crippen MR) is 75.9 cm³/mol. The second kappa shape index (κ2) is 5.46. The lowest BCUT2D eigenvalue weighted by Crippen LogP contribution is -2.50. The van der Waals surface area contributed by atoms with Gasteiger partial charge >= 0.3 is 0 Å². The number of hydrogen-bond donors (Lipinski definition) is 1. The van der Waals surface area contributed by atoms with Crippen molar-refractivity contribution in [3.05, 3.63) is 34.9 Å². The number of rotatable bonds is 2. The van der Waals surface area contributed by atoms with E-state index in [0.29, 0.717) is 10.7 Å². The Morgan fingerprint density at radius 1 is 1.37 bits per heavy atom. The molecule has 0 saturated carbocycles. The molecule has 7 heteroatoms. The topological polar surface area (TPSA) is 61.8 Å². The van der Waals surface area contributed by atoms with E-state index < -0.39 is 11.8 Å². The fraction of sp³-hybridized carbons (Fsp3) is 0.167. The molecule has 2 amide bonds. The molecule has 0 unspecified atom stereocenters. The Balaban J connectivity index is 2.24. The van der Waals surface area contributed by atoms with Gasteiger partial charge < -0.3 is 5.32 Å². The molecule has 1 aliphatic rings. The van der Waals surface area contributed by atoms with Crippen LogP contribution < -0.4 is 5.32 Å². The molecule has 0 spiro atoms. The smallest absolute Gasteiger partial charge is 0.258 e. The van der Waals surface area contributed by atoms with E-state index in [9.17, 15) is 9.59 Å². The molecule has 1 aromatic rings. The molecule has 1 N–H and O–H groups in total. The first-order chi connectivity index (χ1) is 8.97. The number of nitrogens with zero attached hydrogens (tertiary/aromatic N) is 2. The van der Waals surface area contributed by atoms with Crippen molar-refractivity contribution >= 4 is 46.5 Å². The number of amides is 2. The van der Waals surface area contributed by atoms with Crippen molar-refractivity contribution in [2.75, 3.05) is 0 Å². The molecule has 1 heterocycles. The van der Waals surface area contributed by atoms with E-state index >= 15 is 0 Å².